The molecular weight excluding hydrogens is 284 g/mol. The number of fused-ring (bicyclic) bond motifs is 1. The van der Waals surface area contributed by atoms with E-state index in [0.717, 1.165) is 41.8 Å². The highest BCUT2D eigenvalue weighted by Crippen LogP contribution is 2.34. The third kappa shape index (κ3) is 2.48. The molecule has 3 rings (SSSR count). The number of rotatable bonds is 3. The van der Waals surface area contributed by atoms with Crippen molar-refractivity contribution in [2.45, 2.75) is 32.2 Å². The molecule has 0 spiro atoms. The zero-order chi connectivity index (χ0) is 15.0. The van der Waals surface area contributed by atoms with Crippen LogP contribution in [-0.2, 0) is 11.2 Å². The summed E-state index contributed by atoms with van der Waals surface area (Å²) < 4.78 is 0. The van der Waals surface area contributed by atoms with E-state index in [4.69, 9.17) is 0 Å². The number of aryl methyl sites for hydroxylation is 1. The van der Waals surface area contributed by atoms with Gasteiger partial charge in [0.25, 0.3) is 0 Å². The van der Waals surface area contributed by atoms with Crippen molar-refractivity contribution in [3.63, 3.8) is 0 Å². The fourth-order valence-corrected chi connectivity index (χ4v) is 3.80. The smallest absolute Gasteiger partial charge is 0.244 e. The molecule has 6 heteroatoms. The van der Waals surface area contributed by atoms with E-state index in [0.29, 0.717) is 0 Å². The van der Waals surface area contributed by atoms with E-state index < -0.39 is 0 Å². The molecule has 3 heterocycles. The molecule has 1 fully saturated rings. The van der Waals surface area contributed by atoms with Crippen LogP contribution in [0, 0.1) is 0 Å². The van der Waals surface area contributed by atoms with Gasteiger partial charge in [-0.2, -0.15) is 0 Å². The van der Waals surface area contributed by atoms with Gasteiger partial charge in [-0.3, -0.25) is 4.79 Å². The first-order valence-corrected chi connectivity index (χ1v) is 8.14. The van der Waals surface area contributed by atoms with Crippen LogP contribution in [0.15, 0.2) is 12.4 Å². The maximum Gasteiger partial charge on any atom is 0.244 e. The lowest BCUT2D eigenvalue weighted by Gasteiger charge is -2.27. The van der Waals surface area contributed by atoms with E-state index in [1.54, 1.807) is 22.6 Å². The monoisotopic (exact) mass is 304 g/mol. The molecule has 0 N–H and O–H groups in total. The van der Waals surface area contributed by atoms with Gasteiger partial charge < -0.3 is 9.80 Å². The molecule has 0 aromatic carbocycles. The summed E-state index contributed by atoms with van der Waals surface area (Å²) in [6, 6.07) is 2.08. The zero-order valence-corrected chi connectivity index (χ0v) is 13.5. The Labute approximate surface area is 128 Å². The van der Waals surface area contributed by atoms with Crippen LogP contribution in [0.2, 0.25) is 0 Å². The molecule has 0 radical (unpaired) electrons. The van der Waals surface area contributed by atoms with Gasteiger partial charge >= 0.3 is 0 Å². The summed E-state index contributed by atoms with van der Waals surface area (Å²) in [4.78, 5) is 27.4. The van der Waals surface area contributed by atoms with Crippen molar-refractivity contribution < 1.29 is 4.79 Å². The van der Waals surface area contributed by atoms with Crippen LogP contribution < -0.4 is 4.90 Å². The first-order valence-electron chi connectivity index (χ1n) is 7.33. The molecule has 21 heavy (non-hydrogen) atoms. The number of anilines is 1. The second-order valence-corrected chi connectivity index (χ2v) is 6.68. The number of aromatic nitrogens is 2. The molecular formula is C15H20N4OS. The standard InChI is InChI=1S/C15H20N4OS/c1-4-10-8-11-13(16-9-17-14(11)21-10)19-7-5-6-12(19)15(20)18(2)3/h8-9,12H,4-7H2,1-3H3. The summed E-state index contributed by atoms with van der Waals surface area (Å²) in [7, 11) is 3.63. The van der Waals surface area contributed by atoms with Crippen LogP contribution in [0.3, 0.4) is 0 Å². The molecule has 2 aromatic heterocycles. The first-order chi connectivity index (χ1) is 10.1. The topological polar surface area (TPSA) is 49.3 Å². The summed E-state index contributed by atoms with van der Waals surface area (Å²) in [5.41, 5.74) is 0. The molecule has 0 bridgehead atoms. The average molecular weight is 304 g/mol. The molecule has 0 saturated carbocycles. The fourth-order valence-electron chi connectivity index (χ4n) is 2.87. The van der Waals surface area contributed by atoms with Gasteiger partial charge in [-0.1, -0.05) is 6.92 Å². The Bertz CT molecular complexity index is 667. The van der Waals surface area contributed by atoms with Crippen LogP contribution >= 0.6 is 11.3 Å². The molecule has 1 unspecified atom stereocenters. The van der Waals surface area contributed by atoms with Gasteiger partial charge in [0.05, 0.1) is 5.39 Å². The zero-order valence-electron chi connectivity index (χ0n) is 12.7. The van der Waals surface area contributed by atoms with E-state index in [-0.39, 0.29) is 11.9 Å². The molecule has 1 aliphatic heterocycles. The molecule has 1 saturated heterocycles. The summed E-state index contributed by atoms with van der Waals surface area (Å²) >= 11 is 1.71. The Morgan fingerprint density at radius 1 is 1.48 bits per heavy atom. The van der Waals surface area contributed by atoms with Gasteiger partial charge in [0.2, 0.25) is 5.91 Å². The summed E-state index contributed by atoms with van der Waals surface area (Å²) in [6.07, 6.45) is 4.54. The van der Waals surface area contributed by atoms with E-state index in [2.05, 4.69) is 27.9 Å². The van der Waals surface area contributed by atoms with Gasteiger partial charge in [-0.15, -0.1) is 11.3 Å². The number of carbonyl (C=O) groups is 1. The minimum atomic E-state index is -0.0944. The molecule has 5 nitrogen and oxygen atoms in total. The third-order valence-electron chi connectivity index (χ3n) is 3.96. The second kappa shape index (κ2) is 5.60. The maximum atomic E-state index is 12.4. The second-order valence-electron chi connectivity index (χ2n) is 5.57. The van der Waals surface area contributed by atoms with Crippen molar-refractivity contribution in [2.75, 3.05) is 25.5 Å². The van der Waals surface area contributed by atoms with Crippen molar-refractivity contribution in [1.82, 2.24) is 14.9 Å². The lowest BCUT2D eigenvalue weighted by Crippen LogP contribution is -2.43. The quantitative estimate of drug-likeness (QED) is 0.873. The molecule has 112 valence electrons. The van der Waals surface area contributed by atoms with Crippen LogP contribution in [-0.4, -0.2) is 47.5 Å². The van der Waals surface area contributed by atoms with E-state index in [1.807, 2.05) is 14.1 Å². The maximum absolute atomic E-state index is 12.4. The Hall–Kier alpha value is -1.69. The molecule has 1 aliphatic rings. The van der Waals surface area contributed by atoms with Crippen LogP contribution in [0.1, 0.15) is 24.6 Å². The Balaban J connectivity index is 2.02. The van der Waals surface area contributed by atoms with Gasteiger partial charge in [-0.25, -0.2) is 9.97 Å². The first kappa shape index (κ1) is 14.3. The summed E-state index contributed by atoms with van der Waals surface area (Å²) in [6.45, 7) is 3.03. The Morgan fingerprint density at radius 3 is 3.00 bits per heavy atom. The van der Waals surface area contributed by atoms with Gasteiger partial charge in [-0.05, 0) is 25.3 Å². The van der Waals surface area contributed by atoms with Crippen molar-refractivity contribution in [1.29, 1.82) is 0 Å². The minimum Gasteiger partial charge on any atom is -0.347 e. The number of nitrogens with zero attached hydrogens (tertiary/aromatic N) is 4. The summed E-state index contributed by atoms with van der Waals surface area (Å²) in [5, 5.41) is 1.08. The predicted octanol–water partition coefficient (Wildman–Crippen LogP) is 2.31. The largest absolute Gasteiger partial charge is 0.347 e. The number of thiophene rings is 1. The number of hydrogen-bond donors (Lipinski definition) is 0. The Kier molecular flexibility index (Phi) is 3.80. The Morgan fingerprint density at radius 2 is 2.29 bits per heavy atom. The molecule has 1 atom stereocenters. The summed E-state index contributed by atoms with van der Waals surface area (Å²) in [5.74, 6) is 1.07. The van der Waals surface area contributed by atoms with Crippen LogP contribution in [0.4, 0.5) is 5.82 Å². The van der Waals surface area contributed by atoms with Crippen LogP contribution in [0.25, 0.3) is 10.2 Å². The van der Waals surface area contributed by atoms with Gasteiger partial charge in [0, 0.05) is 25.5 Å². The van der Waals surface area contributed by atoms with E-state index >= 15 is 0 Å². The number of likely N-dealkylation sites (N-methyl/N-ethyl adjacent to an activating group) is 1. The SMILES string of the molecule is CCc1cc2c(N3CCCC3C(=O)N(C)C)ncnc2s1. The highest BCUT2D eigenvalue weighted by Gasteiger charge is 2.33. The average Bonchev–Trinajstić information content (AvgIpc) is 3.11. The van der Waals surface area contributed by atoms with Crippen LogP contribution in [0.5, 0.6) is 0 Å². The number of hydrogen-bond acceptors (Lipinski definition) is 5. The van der Waals surface area contributed by atoms with E-state index in [9.17, 15) is 4.79 Å². The number of carbonyl (C=O) groups excluding carboxylic acids is 1. The van der Waals surface area contributed by atoms with Crippen molar-refractivity contribution in [3.8, 4) is 0 Å². The highest BCUT2D eigenvalue weighted by molar-refractivity contribution is 7.18. The molecule has 2 aromatic rings. The predicted molar refractivity (Wildman–Crippen MR) is 85.9 cm³/mol. The van der Waals surface area contributed by atoms with E-state index in [1.165, 1.54) is 4.88 Å². The normalized spacial score (nSPS) is 18.4. The van der Waals surface area contributed by atoms with Gasteiger partial charge in [0.15, 0.2) is 0 Å². The van der Waals surface area contributed by atoms with Gasteiger partial charge in [0.1, 0.15) is 23.0 Å². The molecule has 0 aliphatic carbocycles. The molecule has 1 amide bonds. The lowest BCUT2D eigenvalue weighted by atomic mass is 10.2. The number of amides is 1. The fraction of sp³-hybridized carbons (Fsp3) is 0.533. The third-order valence-corrected chi connectivity index (χ3v) is 5.15. The highest BCUT2D eigenvalue weighted by atomic mass is 32.1. The minimum absolute atomic E-state index is 0.0944. The van der Waals surface area contributed by atoms with Crippen molar-refractivity contribution >= 4 is 33.3 Å². The van der Waals surface area contributed by atoms with Crippen molar-refractivity contribution in [2.24, 2.45) is 0 Å². The van der Waals surface area contributed by atoms with Crippen molar-refractivity contribution in [3.05, 3.63) is 17.3 Å². The lowest BCUT2D eigenvalue weighted by molar-refractivity contribution is -0.129.